The van der Waals surface area contributed by atoms with Crippen LogP contribution in [0.3, 0.4) is 0 Å². The minimum Gasteiger partial charge on any atom is -0.229 e. The van der Waals surface area contributed by atoms with Crippen LogP contribution in [0.2, 0.25) is 0 Å². The van der Waals surface area contributed by atoms with Crippen LogP contribution in [-0.4, -0.2) is 19.4 Å². The Balaban J connectivity index is 1.69. The van der Waals surface area contributed by atoms with Gasteiger partial charge < -0.3 is 0 Å². The molecule has 0 N–H and O–H groups in total. The molecule has 106 valence electrons. The molecule has 2 nitrogen and oxygen atoms in total. The molecule has 0 heterocycles. The number of hydrogen-bond acceptors (Lipinski definition) is 2. The van der Waals surface area contributed by atoms with Crippen LogP contribution < -0.4 is 0 Å². The molecule has 0 saturated heterocycles. The van der Waals surface area contributed by atoms with Crippen molar-refractivity contribution in [3.63, 3.8) is 0 Å². The molecule has 0 unspecified atom stereocenters. The molecule has 0 aromatic carbocycles. The summed E-state index contributed by atoms with van der Waals surface area (Å²) in [6.07, 6.45) is 10.6. The monoisotopic (exact) mass is 272 g/mol. The summed E-state index contributed by atoms with van der Waals surface area (Å²) < 4.78 is 23.8. The molecule has 0 bridgehead atoms. The van der Waals surface area contributed by atoms with Gasteiger partial charge in [-0.3, -0.25) is 0 Å². The summed E-state index contributed by atoms with van der Waals surface area (Å²) in [5.74, 6) is 2.81. The zero-order chi connectivity index (χ0) is 13.2. The van der Waals surface area contributed by atoms with Gasteiger partial charge in [-0.2, -0.15) is 0 Å². The first-order chi connectivity index (χ1) is 8.47. The van der Waals surface area contributed by atoms with E-state index in [9.17, 15) is 8.42 Å². The lowest BCUT2D eigenvalue weighted by Gasteiger charge is -2.28. The summed E-state index contributed by atoms with van der Waals surface area (Å²) in [6, 6.07) is 0. The second-order valence-electron chi connectivity index (χ2n) is 6.79. The van der Waals surface area contributed by atoms with Gasteiger partial charge in [0.1, 0.15) is 0 Å². The third-order valence-corrected chi connectivity index (χ3v) is 7.21. The predicted octanol–water partition coefficient (Wildman–Crippen LogP) is 3.81. The maximum absolute atomic E-state index is 11.9. The third-order valence-electron chi connectivity index (χ3n) is 4.83. The Morgan fingerprint density at radius 2 is 1.22 bits per heavy atom. The molecular weight excluding hydrogens is 244 g/mol. The van der Waals surface area contributed by atoms with Gasteiger partial charge in [0.15, 0.2) is 9.84 Å². The van der Waals surface area contributed by atoms with Crippen LogP contribution in [0, 0.1) is 17.8 Å². The first-order valence-electron chi connectivity index (χ1n) is 7.69. The van der Waals surface area contributed by atoms with Crippen LogP contribution in [-0.2, 0) is 9.84 Å². The fourth-order valence-corrected chi connectivity index (χ4v) is 4.46. The Morgan fingerprint density at radius 1 is 0.833 bits per heavy atom. The first-order valence-corrected chi connectivity index (χ1v) is 9.40. The van der Waals surface area contributed by atoms with Crippen molar-refractivity contribution >= 4 is 9.84 Å². The highest BCUT2D eigenvalue weighted by Gasteiger charge is 2.28. The zero-order valence-corrected chi connectivity index (χ0v) is 12.7. The van der Waals surface area contributed by atoms with Gasteiger partial charge in [-0.15, -0.1) is 0 Å². The lowest BCUT2D eigenvalue weighted by Crippen LogP contribution is -2.26. The first kappa shape index (κ1) is 14.4. The number of rotatable bonds is 6. The second-order valence-corrected chi connectivity index (χ2v) is 9.39. The summed E-state index contributed by atoms with van der Waals surface area (Å²) in [6.45, 7) is 3.60. The van der Waals surface area contributed by atoms with Crippen LogP contribution in [0.15, 0.2) is 0 Å². The molecule has 2 rings (SSSR count). The van der Waals surface area contributed by atoms with Gasteiger partial charge in [0.2, 0.25) is 0 Å². The lowest BCUT2D eigenvalue weighted by molar-refractivity contribution is 0.271. The van der Waals surface area contributed by atoms with Crippen LogP contribution in [0.4, 0.5) is 0 Å². The third kappa shape index (κ3) is 4.25. The minimum absolute atomic E-state index is 0.204. The maximum Gasteiger partial charge on any atom is 0.152 e. The van der Waals surface area contributed by atoms with E-state index >= 15 is 0 Å². The molecule has 3 heteroatoms. The Labute approximate surface area is 112 Å². The largest absolute Gasteiger partial charge is 0.229 e. The summed E-state index contributed by atoms with van der Waals surface area (Å²) in [5, 5.41) is -0.204. The molecular formula is C15H28O2S. The van der Waals surface area contributed by atoms with E-state index in [1.807, 2.05) is 0 Å². The van der Waals surface area contributed by atoms with Gasteiger partial charge in [0, 0.05) is 0 Å². The van der Waals surface area contributed by atoms with Gasteiger partial charge >= 0.3 is 0 Å². The topological polar surface area (TPSA) is 34.1 Å². The van der Waals surface area contributed by atoms with E-state index in [0.29, 0.717) is 11.7 Å². The Morgan fingerprint density at radius 3 is 1.61 bits per heavy atom. The summed E-state index contributed by atoms with van der Waals surface area (Å²) in [4.78, 5) is 0. The smallest absolute Gasteiger partial charge is 0.152 e. The van der Waals surface area contributed by atoms with Crippen LogP contribution in [0.1, 0.15) is 65.2 Å². The predicted molar refractivity (Wildman–Crippen MR) is 76.3 cm³/mol. The Bertz CT molecular complexity index is 347. The summed E-state index contributed by atoms with van der Waals surface area (Å²) in [7, 11) is -2.83. The van der Waals surface area contributed by atoms with E-state index in [1.165, 1.54) is 38.5 Å². The molecule has 2 fully saturated rings. The number of sulfone groups is 1. The van der Waals surface area contributed by atoms with E-state index in [1.54, 1.807) is 13.8 Å². The molecule has 0 aromatic heterocycles. The second kappa shape index (κ2) is 5.94. The molecule has 0 amide bonds. The molecule has 0 aliphatic heterocycles. The van der Waals surface area contributed by atoms with Crippen LogP contribution in [0.5, 0.6) is 0 Å². The van der Waals surface area contributed by atoms with Crippen molar-refractivity contribution in [1.29, 1.82) is 0 Å². The normalized spacial score (nSPS) is 29.7. The van der Waals surface area contributed by atoms with Crippen molar-refractivity contribution in [3.05, 3.63) is 0 Å². The van der Waals surface area contributed by atoms with Crippen molar-refractivity contribution < 1.29 is 8.42 Å². The molecule has 0 aromatic rings. The van der Waals surface area contributed by atoms with Gasteiger partial charge in [-0.05, 0) is 44.4 Å². The quantitative estimate of drug-likeness (QED) is 0.737. The lowest BCUT2D eigenvalue weighted by atomic mass is 9.80. The van der Waals surface area contributed by atoms with Gasteiger partial charge in [-0.25, -0.2) is 8.42 Å². The van der Waals surface area contributed by atoms with Crippen molar-refractivity contribution in [2.45, 2.75) is 70.5 Å². The molecule has 2 aliphatic carbocycles. The molecule has 0 radical (unpaired) electrons. The Hall–Kier alpha value is -0.0500. The van der Waals surface area contributed by atoms with Gasteiger partial charge in [0.05, 0.1) is 11.0 Å². The molecule has 18 heavy (non-hydrogen) atoms. The fraction of sp³-hybridized carbons (Fsp3) is 1.00. The maximum atomic E-state index is 11.9. The molecule has 0 spiro atoms. The average molecular weight is 272 g/mol. The van der Waals surface area contributed by atoms with E-state index < -0.39 is 9.84 Å². The van der Waals surface area contributed by atoms with Crippen molar-refractivity contribution in [3.8, 4) is 0 Å². The fourth-order valence-electron chi connectivity index (χ4n) is 3.09. The standard InChI is InChI=1S/C15H28O2S/c1-12(2)18(16,17)11-15-9-7-14(8-10-15)6-5-13-3-4-13/h12-15H,3-11H2,1-2H3. The Kier molecular flexibility index (Phi) is 4.74. The molecule has 2 aliphatic rings. The molecule has 2 saturated carbocycles. The SMILES string of the molecule is CC(C)S(=O)(=O)CC1CCC(CCC2CC2)CC1. The zero-order valence-electron chi connectivity index (χ0n) is 11.9. The van der Waals surface area contributed by atoms with Crippen LogP contribution in [0.25, 0.3) is 0 Å². The minimum atomic E-state index is -2.83. The van der Waals surface area contributed by atoms with Crippen LogP contribution >= 0.6 is 0 Å². The van der Waals surface area contributed by atoms with E-state index in [-0.39, 0.29) is 5.25 Å². The highest BCUT2D eigenvalue weighted by atomic mass is 32.2. The highest BCUT2D eigenvalue weighted by molar-refractivity contribution is 7.91. The van der Waals surface area contributed by atoms with E-state index in [4.69, 9.17) is 0 Å². The highest BCUT2D eigenvalue weighted by Crippen LogP contribution is 2.38. The van der Waals surface area contributed by atoms with Crippen molar-refractivity contribution in [2.24, 2.45) is 17.8 Å². The van der Waals surface area contributed by atoms with Crippen molar-refractivity contribution in [2.75, 3.05) is 5.75 Å². The van der Waals surface area contributed by atoms with Crippen molar-refractivity contribution in [1.82, 2.24) is 0 Å². The summed E-state index contributed by atoms with van der Waals surface area (Å²) >= 11 is 0. The van der Waals surface area contributed by atoms with Gasteiger partial charge in [0.25, 0.3) is 0 Å². The average Bonchev–Trinajstić information content (AvgIpc) is 3.11. The number of hydrogen-bond donors (Lipinski definition) is 0. The van der Waals surface area contributed by atoms with E-state index in [2.05, 4.69) is 0 Å². The van der Waals surface area contributed by atoms with E-state index in [0.717, 1.165) is 24.7 Å². The molecule has 0 atom stereocenters. The van der Waals surface area contributed by atoms with Gasteiger partial charge in [-0.1, -0.05) is 38.5 Å². The summed E-state index contributed by atoms with van der Waals surface area (Å²) in [5.41, 5.74) is 0.